The number of ether oxygens (including phenoxy) is 3. The van der Waals surface area contributed by atoms with E-state index in [1.165, 1.54) is 16.7 Å². The van der Waals surface area contributed by atoms with Crippen molar-refractivity contribution in [3.05, 3.63) is 46.7 Å². The molecule has 1 saturated heterocycles. The van der Waals surface area contributed by atoms with Crippen LogP contribution < -0.4 is 21.9 Å². The average Bonchev–Trinajstić information content (AvgIpc) is 2.93. The van der Waals surface area contributed by atoms with Gasteiger partial charge >= 0.3 is 0 Å². The maximum Gasteiger partial charge on any atom is 0.169 e. The first-order valence-corrected chi connectivity index (χ1v) is 8.69. The van der Waals surface area contributed by atoms with Gasteiger partial charge in [-0.05, 0) is 17.7 Å². The molecule has 5 rings (SSSR count). The van der Waals surface area contributed by atoms with E-state index in [0.717, 1.165) is 41.1 Å². The van der Waals surface area contributed by atoms with Crippen LogP contribution in [0.15, 0.2) is 35.6 Å². The number of likely N-dealkylation sites (tertiary alicyclic amines) is 1. The molecule has 1 aromatic carbocycles. The first-order valence-electron chi connectivity index (χ1n) is 8.69. The highest BCUT2D eigenvalue weighted by molar-refractivity contribution is 5.67. The highest BCUT2D eigenvalue weighted by Gasteiger charge is 2.65. The van der Waals surface area contributed by atoms with E-state index in [1.54, 1.807) is 14.2 Å². The first-order chi connectivity index (χ1) is 11.5. The van der Waals surface area contributed by atoms with Crippen LogP contribution >= 0.6 is 0 Å². The quantitative estimate of drug-likeness (QED) is 0.669. The van der Waals surface area contributed by atoms with Crippen LogP contribution in [-0.2, 0) is 16.6 Å². The van der Waals surface area contributed by atoms with E-state index in [4.69, 9.17) is 14.2 Å². The SMILES string of the molecule is COC1=CC=C2[C@H]3Cc4ccc(OC)c5c4[C@@]2(CC[N+]3(C)C)[C@H]1O5.[Cl-]. The smallest absolute Gasteiger partial charge is 0.169 e. The molecule has 1 spiro atoms. The number of hydrogen-bond acceptors (Lipinski definition) is 3. The summed E-state index contributed by atoms with van der Waals surface area (Å²) in [6, 6.07) is 4.81. The first kappa shape index (κ1) is 16.8. The van der Waals surface area contributed by atoms with E-state index in [2.05, 4.69) is 38.4 Å². The largest absolute Gasteiger partial charge is 1.00 e. The molecular weight excluding hydrogens is 338 g/mol. The third-order valence-electron chi connectivity index (χ3n) is 6.69. The minimum absolute atomic E-state index is 0. The van der Waals surface area contributed by atoms with Crippen molar-refractivity contribution in [2.75, 3.05) is 34.9 Å². The predicted molar refractivity (Wildman–Crippen MR) is 91.3 cm³/mol. The van der Waals surface area contributed by atoms with Crippen LogP contribution in [0, 0.1) is 0 Å². The maximum absolute atomic E-state index is 6.51. The van der Waals surface area contributed by atoms with Gasteiger partial charge < -0.3 is 31.1 Å². The zero-order chi connectivity index (χ0) is 16.7. The number of likely N-dealkylation sites (N-methyl/N-ethyl adjacent to an activating group) is 1. The molecular formula is C20H24ClNO3. The lowest BCUT2D eigenvalue weighted by Crippen LogP contribution is -3.00. The summed E-state index contributed by atoms with van der Waals surface area (Å²) in [5, 5.41) is 0. The number of rotatable bonds is 2. The standard InChI is InChI=1S/C20H24NO3.ClH/c1-21(2)10-9-20-13-6-8-16(23-4)19(20)24-18-15(22-3)7-5-12(17(18)20)11-14(13)21;/h5-8,14,19H,9-11H2,1-4H3;1H/q+1;/p-1/t14-,19+,20+;/m1./s1. The molecule has 0 unspecified atom stereocenters. The van der Waals surface area contributed by atoms with Crippen LogP contribution in [0.4, 0.5) is 0 Å². The highest BCUT2D eigenvalue weighted by Crippen LogP contribution is 2.63. The molecule has 2 heterocycles. The van der Waals surface area contributed by atoms with Gasteiger partial charge in [-0.15, -0.1) is 0 Å². The summed E-state index contributed by atoms with van der Waals surface area (Å²) in [5.41, 5.74) is 4.22. The zero-order valence-electron chi connectivity index (χ0n) is 15.1. The summed E-state index contributed by atoms with van der Waals surface area (Å²) in [6.45, 7) is 1.15. The van der Waals surface area contributed by atoms with Crippen LogP contribution in [0.3, 0.4) is 0 Å². The zero-order valence-corrected chi connectivity index (χ0v) is 15.9. The molecule has 0 radical (unpaired) electrons. The second-order valence-electron chi connectivity index (χ2n) is 7.97. The Morgan fingerprint density at radius 1 is 1.16 bits per heavy atom. The molecule has 25 heavy (non-hydrogen) atoms. The second-order valence-corrected chi connectivity index (χ2v) is 7.97. The summed E-state index contributed by atoms with van der Waals surface area (Å²) in [4.78, 5) is 0. The van der Waals surface area contributed by atoms with E-state index in [0.29, 0.717) is 6.04 Å². The van der Waals surface area contributed by atoms with Gasteiger partial charge in [-0.3, -0.25) is 0 Å². The number of quaternary nitrogens is 1. The van der Waals surface area contributed by atoms with E-state index in [-0.39, 0.29) is 23.9 Å². The topological polar surface area (TPSA) is 27.7 Å². The molecule has 4 nitrogen and oxygen atoms in total. The van der Waals surface area contributed by atoms with Gasteiger partial charge in [0.25, 0.3) is 0 Å². The molecule has 1 aromatic rings. The normalized spacial score (nSPS) is 32.5. The third kappa shape index (κ3) is 1.82. The summed E-state index contributed by atoms with van der Waals surface area (Å²) in [7, 11) is 8.18. The maximum atomic E-state index is 6.51. The lowest BCUT2D eigenvalue weighted by Gasteiger charge is -2.55. The number of halogens is 1. The van der Waals surface area contributed by atoms with Gasteiger partial charge in [-0.25, -0.2) is 0 Å². The molecule has 4 aliphatic rings. The molecule has 0 aromatic heterocycles. The number of allylic oxidation sites excluding steroid dienone is 2. The van der Waals surface area contributed by atoms with Gasteiger partial charge in [-0.1, -0.05) is 12.1 Å². The van der Waals surface area contributed by atoms with Crippen LogP contribution in [0.2, 0.25) is 0 Å². The molecule has 3 atom stereocenters. The molecule has 0 saturated carbocycles. The molecule has 5 heteroatoms. The Labute approximate surface area is 155 Å². The third-order valence-corrected chi connectivity index (χ3v) is 6.69. The van der Waals surface area contributed by atoms with Crippen molar-refractivity contribution in [1.29, 1.82) is 0 Å². The molecule has 2 aliphatic heterocycles. The average molecular weight is 362 g/mol. The number of nitrogens with zero attached hydrogens (tertiary/aromatic N) is 1. The number of piperidine rings is 1. The number of benzene rings is 1. The monoisotopic (exact) mass is 361 g/mol. The minimum atomic E-state index is -0.0734. The fraction of sp³-hybridized carbons (Fsp3) is 0.500. The molecule has 2 bridgehead atoms. The Bertz CT molecular complexity index is 813. The Kier molecular flexibility index (Phi) is 3.48. The molecule has 0 N–H and O–H groups in total. The van der Waals surface area contributed by atoms with Gasteiger partial charge in [0.2, 0.25) is 0 Å². The molecule has 0 amide bonds. The van der Waals surface area contributed by atoms with Crippen LogP contribution in [-0.4, -0.2) is 51.5 Å². The number of methoxy groups -OCH3 is 2. The van der Waals surface area contributed by atoms with Crippen LogP contribution in [0.25, 0.3) is 0 Å². The van der Waals surface area contributed by atoms with Crippen molar-refractivity contribution >= 4 is 0 Å². The van der Waals surface area contributed by atoms with Gasteiger partial charge in [0.05, 0.1) is 40.3 Å². The van der Waals surface area contributed by atoms with Crippen molar-refractivity contribution in [2.45, 2.75) is 30.4 Å². The Morgan fingerprint density at radius 3 is 2.68 bits per heavy atom. The van der Waals surface area contributed by atoms with Gasteiger partial charge in [0.15, 0.2) is 17.6 Å². The van der Waals surface area contributed by atoms with Crippen molar-refractivity contribution in [3.63, 3.8) is 0 Å². The van der Waals surface area contributed by atoms with Gasteiger partial charge in [-0.2, -0.15) is 0 Å². The summed E-state index contributed by atoms with van der Waals surface area (Å²) in [6.07, 6.45) is 6.51. The number of hydrogen-bond donors (Lipinski definition) is 0. The molecule has 2 aliphatic carbocycles. The fourth-order valence-electron chi connectivity index (χ4n) is 5.44. The lowest BCUT2D eigenvalue weighted by molar-refractivity contribution is -0.915. The van der Waals surface area contributed by atoms with Gasteiger partial charge in [0, 0.05) is 24.0 Å². The highest BCUT2D eigenvalue weighted by atomic mass is 35.5. The minimum Gasteiger partial charge on any atom is -1.00 e. The Morgan fingerprint density at radius 2 is 1.96 bits per heavy atom. The van der Waals surface area contributed by atoms with Crippen molar-refractivity contribution in [2.24, 2.45) is 0 Å². The molecule has 1 fully saturated rings. The van der Waals surface area contributed by atoms with Gasteiger partial charge in [0.1, 0.15) is 11.8 Å². The van der Waals surface area contributed by atoms with Crippen LogP contribution in [0.1, 0.15) is 17.5 Å². The van der Waals surface area contributed by atoms with E-state index >= 15 is 0 Å². The Balaban J connectivity index is 0.00000157. The van der Waals surface area contributed by atoms with E-state index in [1.807, 2.05) is 0 Å². The van der Waals surface area contributed by atoms with E-state index < -0.39 is 0 Å². The van der Waals surface area contributed by atoms with Crippen molar-refractivity contribution in [3.8, 4) is 11.5 Å². The van der Waals surface area contributed by atoms with Crippen molar-refractivity contribution < 1.29 is 31.1 Å². The molecule has 134 valence electrons. The van der Waals surface area contributed by atoms with Crippen molar-refractivity contribution in [1.82, 2.24) is 0 Å². The Hall–Kier alpha value is -1.65. The summed E-state index contributed by atoms with van der Waals surface area (Å²) < 4.78 is 18.9. The second kappa shape index (κ2) is 5.18. The van der Waals surface area contributed by atoms with Crippen LogP contribution in [0.5, 0.6) is 11.5 Å². The fourth-order valence-corrected chi connectivity index (χ4v) is 5.44. The lowest BCUT2D eigenvalue weighted by atomic mass is 9.57. The van der Waals surface area contributed by atoms with E-state index in [9.17, 15) is 0 Å². The summed E-state index contributed by atoms with van der Waals surface area (Å²) in [5.74, 6) is 2.70. The summed E-state index contributed by atoms with van der Waals surface area (Å²) >= 11 is 0. The predicted octanol–water partition coefficient (Wildman–Crippen LogP) is -0.427.